The van der Waals surface area contributed by atoms with Crippen molar-refractivity contribution in [2.45, 2.75) is 363 Å². The normalized spacial score (nSPS) is 14.9. The molecule has 0 fully saturated rings. The third kappa shape index (κ3) is 62.0. The van der Waals surface area contributed by atoms with Crippen LogP contribution < -0.4 is 0 Å². The molecule has 0 aliphatic rings. The fourth-order valence-electron chi connectivity index (χ4n) is 10.4. The fraction of sp³-hybridized carbons (Fsp3) is 0.943. The van der Waals surface area contributed by atoms with Crippen LogP contribution in [0.3, 0.4) is 0 Å². The van der Waals surface area contributed by atoms with Crippen molar-refractivity contribution in [2.24, 2.45) is 23.7 Å². The Morgan fingerprint density at radius 1 is 0.315 bits per heavy atom. The third-order valence-corrected chi connectivity index (χ3v) is 18.7. The maximum Gasteiger partial charge on any atom is 0.472 e. The summed E-state index contributed by atoms with van der Waals surface area (Å²) in [4.78, 5) is 72.5. The molecule has 0 bridgehead atoms. The SMILES string of the molecule is CCC(C)CCCCCCCCCCC(=O)O[C@H](COC(=O)CCCCCCCCC(C)CC)COP(=O)(O)OC[C@H](O)COP(=O)(O)OC[C@@H](COC(=O)CCCCCCCCCCCC(C)C)OC(=O)CCCCCCCCCCCCCCC(C)C. The lowest BCUT2D eigenvalue weighted by atomic mass is 9.99. The molecule has 4 unspecified atom stereocenters. The summed E-state index contributed by atoms with van der Waals surface area (Å²) in [6.45, 7) is 14.1. The smallest absolute Gasteiger partial charge is 0.462 e. The summed E-state index contributed by atoms with van der Waals surface area (Å²) in [5.74, 6) is 0.890. The minimum Gasteiger partial charge on any atom is -0.462 e. The minimum absolute atomic E-state index is 0.104. The van der Waals surface area contributed by atoms with E-state index in [1.165, 1.54) is 141 Å². The summed E-state index contributed by atoms with van der Waals surface area (Å²) in [6.07, 6.45) is 41.6. The molecule has 0 amide bonds. The Morgan fingerprint density at radius 3 is 0.798 bits per heavy atom. The van der Waals surface area contributed by atoms with Crippen LogP contribution in [0.1, 0.15) is 344 Å². The van der Waals surface area contributed by atoms with Crippen molar-refractivity contribution in [1.82, 2.24) is 0 Å². The van der Waals surface area contributed by atoms with Crippen LogP contribution in [0, 0.1) is 23.7 Å². The molecule has 528 valence electrons. The summed E-state index contributed by atoms with van der Waals surface area (Å²) >= 11 is 0. The average Bonchev–Trinajstić information content (AvgIpc) is 3.64. The first-order chi connectivity index (χ1) is 42.7. The summed E-state index contributed by atoms with van der Waals surface area (Å²) in [5, 5.41) is 10.6. The van der Waals surface area contributed by atoms with Gasteiger partial charge in [0.05, 0.1) is 26.4 Å². The number of esters is 4. The van der Waals surface area contributed by atoms with E-state index in [0.717, 1.165) is 120 Å². The molecule has 0 aromatic rings. The van der Waals surface area contributed by atoms with Crippen LogP contribution in [-0.4, -0.2) is 96.7 Å². The Hall–Kier alpha value is -1.94. The molecule has 0 saturated carbocycles. The molecule has 7 atom stereocenters. The van der Waals surface area contributed by atoms with Crippen molar-refractivity contribution < 1.29 is 80.2 Å². The van der Waals surface area contributed by atoms with Gasteiger partial charge in [-0.05, 0) is 49.4 Å². The van der Waals surface area contributed by atoms with Gasteiger partial charge in [-0.25, -0.2) is 9.13 Å². The molecule has 0 saturated heterocycles. The van der Waals surface area contributed by atoms with E-state index in [1.54, 1.807) is 0 Å². The monoisotopic (exact) mass is 1310 g/mol. The van der Waals surface area contributed by atoms with Crippen LogP contribution in [0.5, 0.6) is 0 Å². The van der Waals surface area contributed by atoms with Crippen molar-refractivity contribution >= 4 is 39.5 Å². The molecular weight excluding hydrogens is 1170 g/mol. The summed E-state index contributed by atoms with van der Waals surface area (Å²) in [6, 6.07) is 0. The first kappa shape index (κ1) is 87.1. The molecule has 0 spiro atoms. The Bertz CT molecular complexity index is 1770. The van der Waals surface area contributed by atoms with Gasteiger partial charge in [-0.2, -0.15) is 0 Å². The van der Waals surface area contributed by atoms with Crippen molar-refractivity contribution in [3.05, 3.63) is 0 Å². The number of phosphoric ester groups is 2. The second-order valence-electron chi connectivity index (χ2n) is 26.7. The standard InChI is InChI=1S/C70H136O17P2/c1-9-62(7)48-40-32-24-20-21-27-37-45-53-70(75)87-66(57-81-68(73)51-43-35-29-28-33-41-49-63(8)10-2)59-85-89(78,79)83-55-64(71)54-82-88(76,77)84-58-65(56-80-67(72)50-42-34-25-19-15-17-23-31-39-47-61(5)6)86-69(74)52-44-36-26-18-14-12-11-13-16-22-30-38-46-60(3)4/h60-66,71H,9-59H2,1-8H3,(H,76,77)(H,78,79)/t62?,63?,64-,65-,66-/m1/s1. The molecule has 0 rings (SSSR count). The Balaban J connectivity index is 5.27. The Kier molecular flexibility index (Phi) is 58.5. The highest BCUT2D eigenvalue weighted by Crippen LogP contribution is 2.45. The Labute approximate surface area is 543 Å². The summed E-state index contributed by atoms with van der Waals surface area (Å²) < 4.78 is 68.3. The zero-order valence-electron chi connectivity index (χ0n) is 58.1. The highest BCUT2D eigenvalue weighted by Gasteiger charge is 2.30. The molecule has 0 aromatic heterocycles. The lowest BCUT2D eigenvalue weighted by Gasteiger charge is -2.21. The van der Waals surface area contributed by atoms with Gasteiger partial charge in [0.25, 0.3) is 0 Å². The topological polar surface area (TPSA) is 237 Å². The predicted molar refractivity (Wildman–Crippen MR) is 358 cm³/mol. The summed E-state index contributed by atoms with van der Waals surface area (Å²) in [5.41, 5.74) is 0. The minimum atomic E-state index is -4.95. The van der Waals surface area contributed by atoms with E-state index in [-0.39, 0.29) is 25.7 Å². The van der Waals surface area contributed by atoms with E-state index in [1.807, 2.05) is 0 Å². The lowest BCUT2D eigenvalue weighted by Crippen LogP contribution is -2.30. The first-order valence-electron chi connectivity index (χ1n) is 36.3. The van der Waals surface area contributed by atoms with Gasteiger partial charge in [-0.1, -0.05) is 293 Å². The second kappa shape index (κ2) is 59.8. The van der Waals surface area contributed by atoms with Gasteiger partial charge in [0.15, 0.2) is 12.2 Å². The maximum atomic E-state index is 13.0. The van der Waals surface area contributed by atoms with Gasteiger partial charge in [-0.3, -0.25) is 37.3 Å². The molecule has 0 aliphatic carbocycles. The number of hydrogen-bond donors (Lipinski definition) is 3. The first-order valence-corrected chi connectivity index (χ1v) is 39.3. The number of hydrogen-bond acceptors (Lipinski definition) is 15. The van der Waals surface area contributed by atoms with Crippen LogP contribution in [0.25, 0.3) is 0 Å². The van der Waals surface area contributed by atoms with Gasteiger partial charge in [0.1, 0.15) is 19.3 Å². The highest BCUT2D eigenvalue weighted by atomic mass is 31.2. The summed E-state index contributed by atoms with van der Waals surface area (Å²) in [7, 11) is -9.90. The molecule has 0 radical (unpaired) electrons. The van der Waals surface area contributed by atoms with Crippen molar-refractivity contribution in [3.63, 3.8) is 0 Å². The van der Waals surface area contributed by atoms with Gasteiger partial charge >= 0.3 is 39.5 Å². The zero-order chi connectivity index (χ0) is 66.1. The number of carbonyl (C=O) groups excluding carboxylic acids is 4. The number of ether oxygens (including phenoxy) is 4. The number of aliphatic hydroxyl groups is 1. The molecule has 19 heteroatoms. The Morgan fingerprint density at radius 2 is 0.539 bits per heavy atom. The fourth-order valence-corrected chi connectivity index (χ4v) is 12.0. The van der Waals surface area contributed by atoms with E-state index in [0.29, 0.717) is 25.7 Å². The molecule has 0 aromatic carbocycles. The maximum absolute atomic E-state index is 13.0. The van der Waals surface area contributed by atoms with Crippen LogP contribution in [0.2, 0.25) is 0 Å². The highest BCUT2D eigenvalue weighted by molar-refractivity contribution is 7.47. The lowest BCUT2D eigenvalue weighted by molar-refractivity contribution is -0.161. The molecule has 0 aliphatic heterocycles. The van der Waals surface area contributed by atoms with E-state index < -0.39 is 97.5 Å². The number of rotatable bonds is 67. The number of phosphoric acid groups is 2. The zero-order valence-corrected chi connectivity index (χ0v) is 59.8. The van der Waals surface area contributed by atoms with Gasteiger partial charge in [-0.15, -0.1) is 0 Å². The number of aliphatic hydroxyl groups excluding tert-OH is 1. The van der Waals surface area contributed by atoms with E-state index in [4.69, 9.17) is 37.0 Å². The third-order valence-electron chi connectivity index (χ3n) is 16.8. The van der Waals surface area contributed by atoms with Crippen LogP contribution in [0.4, 0.5) is 0 Å². The second-order valence-corrected chi connectivity index (χ2v) is 29.6. The van der Waals surface area contributed by atoms with E-state index in [2.05, 4.69) is 55.4 Å². The van der Waals surface area contributed by atoms with Crippen LogP contribution in [-0.2, 0) is 65.4 Å². The molecule has 89 heavy (non-hydrogen) atoms. The number of unbranched alkanes of at least 4 members (excludes halogenated alkanes) is 31. The van der Waals surface area contributed by atoms with Gasteiger partial charge in [0, 0.05) is 25.7 Å². The molecule has 0 heterocycles. The van der Waals surface area contributed by atoms with Crippen LogP contribution in [0.15, 0.2) is 0 Å². The molecule has 3 N–H and O–H groups in total. The van der Waals surface area contributed by atoms with E-state index >= 15 is 0 Å². The van der Waals surface area contributed by atoms with Gasteiger partial charge in [0.2, 0.25) is 0 Å². The molecular formula is C70H136O17P2. The van der Waals surface area contributed by atoms with Crippen molar-refractivity contribution in [1.29, 1.82) is 0 Å². The predicted octanol–water partition coefficient (Wildman–Crippen LogP) is 19.7. The van der Waals surface area contributed by atoms with Crippen LogP contribution >= 0.6 is 15.6 Å². The molecule has 17 nitrogen and oxygen atoms in total. The van der Waals surface area contributed by atoms with E-state index in [9.17, 15) is 43.2 Å². The van der Waals surface area contributed by atoms with Crippen molar-refractivity contribution in [2.75, 3.05) is 39.6 Å². The largest absolute Gasteiger partial charge is 0.472 e. The number of carbonyl (C=O) groups is 4. The average molecular weight is 1310 g/mol. The quantitative estimate of drug-likeness (QED) is 0.0222. The van der Waals surface area contributed by atoms with Gasteiger partial charge < -0.3 is 33.8 Å². The van der Waals surface area contributed by atoms with Crippen molar-refractivity contribution in [3.8, 4) is 0 Å².